The lowest BCUT2D eigenvalue weighted by Gasteiger charge is -2.24. The first-order valence-corrected chi connectivity index (χ1v) is 13.0. The molecule has 1 aromatic heterocycles. The Kier molecular flexibility index (Phi) is 7.44. The van der Waals surface area contributed by atoms with Crippen molar-refractivity contribution in [2.45, 2.75) is 66.0 Å². The standard InChI is InChI=1S/C30H37N5O3/c1-7-22(33-26(32)25(18(3)31)20-16-21(20)29(37)38-30(4,5)6)27-34-23-15-11-12-17(2)24(23)28(36)35(27)19-13-9-8-10-14-19/h8-15,20-22H,7,16,31H2,1-6H3,(H2,32,33)/b25-18-. The number of fused-ring (bicyclic) bond motifs is 1. The zero-order valence-corrected chi connectivity index (χ0v) is 23.0. The summed E-state index contributed by atoms with van der Waals surface area (Å²) in [7, 11) is 0. The molecule has 2 aromatic carbocycles. The number of aryl methyl sites for hydroxylation is 1. The van der Waals surface area contributed by atoms with E-state index in [2.05, 4.69) is 5.32 Å². The van der Waals surface area contributed by atoms with Crippen LogP contribution in [0.3, 0.4) is 0 Å². The van der Waals surface area contributed by atoms with E-state index in [1.807, 2.05) is 83.1 Å². The minimum absolute atomic E-state index is 0.131. The number of esters is 1. The van der Waals surface area contributed by atoms with Crippen LogP contribution < -0.4 is 16.6 Å². The number of carbonyl (C=O) groups excluding carboxylic acids is 1. The van der Waals surface area contributed by atoms with Gasteiger partial charge in [-0.1, -0.05) is 37.3 Å². The molecule has 0 bridgehead atoms. The van der Waals surface area contributed by atoms with Crippen LogP contribution in [0.5, 0.6) is 0 Å². The summed E-state index contributed by atoms with van der Waals surface area (Å²) in [6.45, 7) is 11.1. The molecule has 0 radical (unpaired) electrons. The second kappa shape index (κ2) is 10.4. The molecule has 0 saturated heterocycles. The van der Waals surface area contributed by atoms with Gasteiger partial charge in [0.25, 0.3) is 5.56 Å². The summed E-state index contributed by atoms with van der Waals surface area (Å²) in [4.78, 5) is 31.4. The second-order valence-corrected chi connectivity index (χ2v) is 11.0. The molecule has 8 heteroatoms. The largest absolute Gasteiger partial charge is 0.460 e. The number of amidine groups is 1. The topological polar surface area (TPSA) is 123 Å². The minimum atomic E-state index is -0.577. The maximum absolute atomic E-state index is 13.8. The Bertz CT molecular complexity index is 1460. The van der Waals surface area contributed by atoms with Gasteiger partial charge in [0.05, 0.1) is 28.6 Å². The third-order valence-electron chi connectivity index (χ3n) is 6.75. The van der Waals surface area contributed by atoms with Crippen LogP contribution in [0.1, 0.15) is 64.9 Å². The van der Waals surface area contributed by atoms with Crippen LogP contribution in [0, 0.1) is 24.2 Å². The molecule has 1 heterocycles. The molecular formula is C30H37N5O3. The normalized spacial score (nSPS) is 18.5. The van der Waals surface area contributed by atoms with Gasteiger partial charge in [-0.2, -0.15) is 0 Å². The Balaban J connectivity index is 1.71. The van der Waals surface area contributed by atoms with E-state index in [9.17, 15) is 9.59 Å². The number of para-hydroxylation sites is 1. The van der Waals surface area contributed by atoms with Crippen LogP contribution in [0.2, 0.25) is 0 Å². The van der Waals surface area contributed by atoms with E-state index in [0.717, 1.165) is 5.56 Å². The van der Waals surface area contributed by atoms with Crippen LogP contribution in [0.4, 0.5) is 0 Å². The van der Waals surface area contributed by atoms with Crippen molar-refractivity contribution in [3.8, 4) is 5.69 Å². The van der Waals surface area contributed by atoms with Crippen LogP contribution in [0.15, 0.2) is 64.6 Å². The molecule has 200 valence electrons. The highest BCUT2D eigenvalue weighted by molar-refractivity contribution is 5.99. The average molecular weight is 516 g/mol. The van der Waals surface area contributed by atoms with Gasteiger partial charge >= 0.3 is 5.97 Å². The van der Waals surface area contributed by atoms with Crippen LogP contribution in [-0.2, 0) is 9.53 Å². The van der Waals surface area contributed by atoms with Gasteiger partial charge in [0, 0.05) is 17.2 Å². The van der Waals surface area contributed by atoms with Crippen molar-refractivity contribution in [2.75, 3.05) is 0 Å². The molecule has 4 N–H and O–H groups in total. The van der Waals surface area contributed by atoms with Gasteiger partial charge in [0.1, 0.15) is 17.3 Å². The Hall–Kier alpha value is -3.94. The number of nitrogens with two attached hydrogens (primary N) is 1. The molecule has 0 spiro atoms. The second-order valence-electron chi connectivity index (χ2n) is 11.0. The van der Waals surface area contributed by atoms with Crippen LogP contribution in [0.25, 0.3) is 16.6 Å². The number of allylic oxidation sites excluding steroid dienone is 1. The Morgan fingerprint density at radius 2 is 1.87 bits per heavy atom. The fourth-order valence-electron chi connectivity index (χ4n) is 4.90. The summed E-state index contributed by atoms with van der Waals surface area (Å²) >= 11 is 0. The van der Waals surface area contributed by atoms with E-state index in [1.54, 1.807) is 11.5 Å². The maximum Gasteiger partial charge on any atom is 0.310 e. The zero-order valence-electron chi connectivity index (χ0n) is 23.0. The van der Waals surface area contributed by atoms with Gasteiger partial charge in [-0.05, 0) is 71.2 Å². The number of benzene rings is 2. The van der Waals surface area contributed by atoms with Crippen molar-refractivity contribution < 1.29 is 9.53 Å². The molecule has 8 nitrogen and oxygen atoms in total. The molecular weight excluding hydrogens is 478 g/mol. The van der Waals surface area contributed by atoms with E-state index >= 15 is 0 Å². The molecule has 1 aliphatic carbocycles. The summed E-state index contributed by atoms with van der Waals surface area (Å²) in [5.41, 5.74) is 8.76. The quantitative estimate of drug-likeness (QED) is 0.233. The van der Waals surface area contributed by atoms with Crippen molar-refractivity contribution in [3.63, 3.8) is 0 Å². The molecule has 4 rings (SSSR count). The number of carbonyl (C=O) groups is 1. The first-order valence-electron chi connectivity index (χ1n) is 13.0. The van der Waals surface area contributed by atoms with Gasteiger partial charge in [-0.3, -0.25) is 19.6 Å². The Morgan fingerprint density at radius 1 is 1.18 bits per heavy atom. The lowest BCUT2D eigenvalue weighted by molar-refractivity contribution is -0.156. The third kappa shape index (κ3) is 5.49. The van der Waals surface area contributed by atoms with E-state index in [4.69, 9.17) is 20.9 Å². The van der Waals surface area contributed by atoms with E-state index in [1.165, 1.54) is 0 Å². The Labute approximate surface area is 223 Å². The summed E-state index contributed by atoms with van der Waals surface area (Å²) in [5.74, 6) is -0.137. The number of hydrogen-bond acceptors (Lipinski definition) is 6. The summed E-state index contributed by atoms with van der Waals surface area (Å²) in [6.07, 6.45) is 1.15. The van der Waals surface area contributed by atoms with E-state index in [0.29, 0.717) is 46.5 Å². The lowest BCUT2D eigenvalue weighted by atomic mass is 10.0. The van der Waals surface area contributed by atoms with Gasteiger partial charge in [-0.15, -0.1) is 0 Å². The highest BCUT2D eigenvalue weighted by atomic mass is 16.6. The first kappa shape index (κ1) is 27.1. The summed E-state index contributed by atoms with van der Waals surface area (Å²) < 4.78 is 7.19. The Morgan fingerprint density at radius 3 is 2.47 bits per heavy atom. The summed E-state index contributed by atoms with van der Waals surface area (Å²) in [5, 5.41) is 12.8. The zero-order chi connectivity index (χ0) is 27.8. The number of nitrogens with one attached hydrogen (secondary N) is 2. The van der Waals surface area contributed by atoms with Crippen molar-refractivity contribution in [2.24, 2.45) is 17.6 Å². The number of ether oxygens (including phenoxy) is 1. The summed E-state index contributed by atoms with van der Waals surface area (Å²) in [6, 6.07) is 14.6. The molecule has 3 atom stereocenters. The molecule has 38 heavy (non-hydrogen) atoms. The molecule has 1 fully saturated rings. The lowest BCUT2D eigenvalue weighted by Crippen LogP contribution is -2.36. The molecule has 3 aromatic rings. The first-order chi connectivity index (χ1) is 17.9. The predicted octanol–water partition coefficient (Wildman–Crippen LogP) is 4.92. The number of aromatic nitrogens is 2. The van der Waals surface area contributed by atoms with Crippen molar-refractivity contribution in [1.29, 1.82) is 5.41 Å². The van der Waals surface area contributed by atoms with Gasteiger partial charge in [-0.25, -0.2) is 4.98 Å². The molecule has 1 aliphatic rings. The van der Waals surface area contributed by atoms with Crippen molar-refractivity contribution >= 4 is 22.7 Å². The highest BCUT2D eigenvalue weighted by Crippen LogP contribution is 2.46. The molecule has 0 amide bonds. The monoisotopic (exact) mass is 515 g/mol. The van der Waals surface area contributed by atoms with Gasteiger partial charge in [0.15, 0.2) is 0 Å². The van der Waals surface area contributed by atoms with Gasteiger partial charge < -0.3 is 15.8 Å². The molecule has 3 unspecified atom stereocenters. The average Bonchev–Trinajstić information content (AvgIpc) is 3.62. The van der Waals surface area contributed by atoms with Crippen LogP contribution in [-0.4, -0.2) is 27.0 Å². The maximum atomic E-state index is 13.8. The van der Waals surface area contributed by atoms with Crippen molar-refractivity contribution in [1.82, 2.24) is 14.9 Å². The number of rotatable bonds is 7. The SMILES string of the molecule is CCC(NC(=N)/C(=C(/C)N)C1CC1C(=O)OC(C)(C)C)c1nc2cccc(C)c2c(=O)n1-c1ccccc1. The fraction of sp³-hybridized carbons (Fsp3) is 0.400. The van der Waals surface area contributed by atoms with E-state index < -0.39 is 11.6 Å². The molecule has 0 aliphatic heterocycles. The minimum Gasteiger partial charge on any atom is -0.460 e. The smallest absolute Gasteiger partial charge is 0.310 e. The van der Waals surface area contributed by atoms with Gasteiger partial charge in [0.2, 0.25) is 0 Å². The number of hydrogen-bond donors (Lipinski definition) is 3. The fourth-order valence-corrected chi connectivity index (χ4v) is 4.90. The highest BCUT2D eigenvalue weighted by Gasteiger charge is 2.49. The predicted molar refractivity (Wildman–Crippen MR) is 150 cm³/mol. The third-order valence-corrected chi connectivity index (χ3v) is 6.75. The van der Waals surface area contributed by atoms with Crippen molar-refractivity contribution in [3.05, 3.63) is 81.5 Å². The number of nitrogens with zero attached hydrogens (tertiary/aromatic N) is 2. The molecule has 1 saturated carbocycles. The van der Waals surface area contributed by atoms with Crippen LogP contribution >= 0.6 is 0 Å². The van der Waals surface area contributed by atoms with E-state index in [-0.39, 0.29) is 29.2 Å².